The molecule has 0 saturated carbocycles. The Kier molecular flexibility index (Phi) is 3.76. The van der Waals surface area contributed by atoms with Gasteiger partial charge in [0.05, 0.1) is 12.7 Å². The van der Waals surface area contributed by atoms with Crippen LogP contribution < -0.4 is 0 Å². The van der Waals surface area contributed by atoms with Gasteiger partial charge < -0.3 is 4.74 Å². The fraction of sp³-hybridized carbons (Fsp3) is 0.500. The largest absolute Gasteiger partial charge is 0.377 e. The third-order valence-corrected chi connectivity index (χ3v) is 3.61. The van der Waals surface area contributed by atoms with Gasteiger partial charge in [-0.3, -0.25) is 0 Å². The summed E-state index contributed by atoms with van der Waals surface area (Å²) < 4.78 is 18.4. The average Bonchev–Trinajstić information content (AvgIpc) is 2.30. The second-order valence-electron chi connectivity index (χ2n) is 3.94. The number of rotatable bonds is 2. The highest BCUT2D eigenvalue weighted by atomic mass is 79.9. The lowest BCUT2D eigenvalue weighted by Gasteiger charge is -2.28. The van der Waals surface area contributed by atoms with Crippen molar-refractivity contribution in [2.24, 2.45) is 0 Å². The van der Waals surface area contributed by atoms with E-state index in [1.165, 1.54) is 17.7 Å². The second kappa shape index (κ2) is 5.08. The maximum atomic E-state index is 12.7. The predicted molar refractivity (Wildman–Crippen MR) is 61.9 cm³/mol. The van der Waals surface area contributed by atoms with Crippen molar-refractivity contribution < 1.29 is 9.13 Å². The highest BCUT2D eigenvalue weighted by Crippen LogP contribution is 2.28. The van der Waals surface area contributed by atoms with E-state index in [0.29, 0.717) is 12.0 Å². The van der Waals surface area contributed by atoms with Gasteiger partial charge in [0.1, 0.15) is 5.82 Å². The Morgan fingerprint density at radius 2 is 2.00 bits per heavy atom. The number of hydrogen-bond donors (Lipinski definition) is 0. The standard InChI is InChI=1S/C12H14BrFO/c13-7-12-6-3-10(8-15-12)9-1-4-11(14)5-2-9/h1-2,4-5,10,12H,3,6-8H2. The van der Waals surface area contributed by atoms with Crippen molar-refractivity contribution >= 4 is 15.9 Å². The van der Waals surface area contributed by atoms with Gasteiger partial charge in [-0.15, -0.1) is 0 Å². The maximum Gasteiger partial charge on any atom is 0.123 e. The summed E-state index contributed by atoms with van der Waals surface area (Å²) in [5.74, 6) is 0.259. The minimum absolute atomic E-state index is 0.172. The number of hydrogen-bond acceptors (Lipinski definition) is 1. The number of ether oxygens (including phenoxy) is 1. The van der Waals surface area contributed by atoms with Crippen molar-refractivity contribution in [3.05, 3.63) is 35.6 Å². The van der Waals surface area contributed by atoms with Crippen LogP contribution in [0.1, 0.15) is 24.3 Å². The average molecular weight is 273 g/mol. The van der Waals surface area contributed by atoms with Crippen molar-refractivity contribution in [1.82, 2.24) is 0 Å². The van der Waals surface area contributed by atoms with E-state index in [9.17, 15) is 4.39 Å². The molecule has 0 aliphatic carbocycles. The number of benzene rings is 1. The Balaban J connectivity index is 1.98. The second-order valence-corrected chi connectivity index (χ2v) is 4.58. The molecule has 15 heavy (non-hydrogen) atoms. The Morgan fingerprint density at radius 1 is 1.27 bits per heavy atom. The smallest absolute Gasteiger partial charge is 0.123 e. The van der Waals surface area contributed by atoms with Gasteiger partial charge in [-0.05, 0) is 30.5 Å². The Bertz CT molecular complexity index is 304. The zero-order valence-corrected chi connectivity index (χ0v) is 10.0. The summed E-state index contributed by atoms with van der Waals surface area (Å²) in [5, 5.41) is 0.906. The van der Waals surface area contributed by atoms with Crippen molar-refractivity contribution in [1.29, 1.82) is 0 Å². The lowest BCUT2D eigenvalue weighted by Crippen LogP contribution is -2.25. The van der Waals surface area contributed by atoms with Gasteiger partial charge in [-0.2, -0.15) is 0 Å². The van der Waals surface area contributed by atoms with Crippen molar-refractivity contribution in [2.75, 3.05) is 11.9 Å². The van der Waals surface area contributed by atoms with Gasteiger partial charge in [0.15, 0.2) is 0 Å². The highest BCUT2D eigenvalue weighted by molar-refractivity contribution is 9.09. The molecule has 1 aliphatic heterocycles. The normalized spacial score (nSPS) is 26.5. The van der Waals surface area contributed by atoms with Crippen LogP contribution in [0.3, 0.4) is 0 Å². The first-order valence-electron chi connectivity index (χ1n) is 5.22. The molecule has 82 valence electrons. The molecule has 1 fully saturated rings. The molecule has 2 unspecified atom stereocenters. The third-order valence-electron chi connectivity index (χ3n) is 2.88. The first kappa shape index (κ1) is 11.1. The summed E-state index contributed by atoms with van der Waals surface area (Å²) >= 11 is 3.42. The molecule has 0 radical (unpaired) electrons. The van der Waals surface area contributed by atoms with Crippen molar-refractivity contribution in [3.63, 3.8) is 0 Å². The fourth-order valence-electron chi connectivity index (χ4n) is 1.93. The zero-order chi connectivity index (χ0) is 10.7. The summed E-state index contributed by atoms with van der Waals surface area (Å²) in [6.45, 7) is 0.752. The van der Waals surface area contributed by atoms with E-state index >= 15 is 0 Å². The van der Waals surface area contributed by atoms with Crippen LogP contribution in [0.25, 0.3) is 0 Å². The van der Waals surface area contributed by atoms with Gasteiger partial charge in [0.2, 0.25) is 0 Å². The molecule has 1 aliphatic rings. The summed E-state index contributed by atoms with van der Waals surface area (Å²) in [5.41, 5.74) is 1.18. The first-order chi connectivity index (χ1) is 7.29. The minimum Gasteiger partial charge on any atom is -0.377 e. The molecule has 1 aromatic carbocycles. The van der Waals surface area contributed by atoms with Gasteiger partial charge in [0.25, 0.3) is 0 Å². The van der Waals surface area contributed by atoms with Gasteiger partial charge in [-0.1, -0.05) is 28.1 Å². The first-order valence-corrected chi connectivity index (χ1v) is 6.35. The SMILES string of the molecule is Fc1ccc(C2CCC(CBr)OC2)cc1. The van der Waals surface area contributed by atoms with Crippen LogP contribution in [0.5, 0.6) is 0 Å². The highest BCUT2D eigenvalue weighted by Gasteiger charge is 2.21. The zero-order valence-electron chi connectivity index (χ0n) is 8.46. The molecule has 3 heteroatoms. The molecule has 2 rings (SSSR count). The van der Waals surface area contributed by atoms with Crippen LogP contribution >= 0.6 is 15.9 Å². The fourth-order valence-corrected chi connectivity index (χ4v) is 2.44. The van der Waals surface area contributed by atoms with Crippen LogP contribution in [0.4, 0.5) is 4.39 Å². The lowest BCUT2D eigenvalue weighted by atomic mass is 9.92. The molecule has 1 heterocycles. The molecule has 0 amide bonds. The number of alkyl halides is 1. The molecule has 1 nitrogen and oxygen atoms in total. The maximum absolute atomic E-state index is 12.7. The molecule has 0 bridgehead atoms. The lowest BCUT2D eigenvalue weighted by molar-refractivity contribution is 0.0191. The molecular formula is C12H14BrFO. The monoisotopic (exact) mass is 272 g/mol. The van der Waals surface area contributed by atoms with Crippen molar-refractivity contribution in [3.8, 4) is 0 Å². The molecule has 1 saturated heterocycles. The topological polar surface area (TPSA) is 9.23 Å². The van der Waals surface area contributed by atoms with E-state index in [-0.39, 0.29) is 5.82 Å². The van der Waals surface area contributed by atoms with Crippen LogP contribution in [0.2, 0.25) is 0 Å². The van der Waals surface area contributed by atoms with E-state index in [1.807, 2.05) is 12.1 Å². The van der Waals surface area contributed by atoms with Crippen LogP contribution in [-0.2, 0) is 4.74 Å². The molecule has 2 atom stereocenters. The quantitative estimate of drug-likeness (QED) is 0.749. The van der Waals surface area contributed by atoms with Gasteiger partial charge in [-0.25, -0.2) is 4.39 Å². The van der Waals surface area contributed by atoms with E-state index in [4.69, 9.17) is 4.74 Å². The predicted octanol–water partition coefficient (Wildman–Crippen LogP) is 3.48. The third kappa shape index (κ3) is 2.79. The van der Waals surface area contributed by atoms with Crippen LogP contribution in [0, 0.1) is 5.82 Å². The molecular weight excluding hydrogens is 259 g/mol. The van der Waals surface area contributed by atoms with E-state index in [1.54, 1.807) is 0 Å². The van der Waals surface area contributed by atoms with Crippen LogP contribution in [0.15, 0.2) is 24.3 Å². The molecule has 0 spiro atoms. The summed E-state index contributed by atoms with van der Waals surface area (Å²) in [7, 11) is 0. The molecule has 0 N–H and O–H groups in total. The Morgan fingerprint density at radius 3 is 2.53 bits per heavy atom. The Labute approximate surface area is 97.8 Å². The molecule has 1 aromatic rings. The van der Waals surface area contributed by atoms with E-state index in [2.05, 4.69) is 15.9 Å². The van der Waals surface area contributed by atoms with E-state index in [0.717, 1.165) is 24.8 Å². The number of halogens is 2. The summed E-state index contributed by atoms with van der Waals surface area (Å²) in [6.07, 6.45) is 2.55. The van der Waals surface area contributed by atoms with Crippen molar-refractivity contribution in [2.45, 2.75) is 24.9 Å². The van der Waals surface area contributed by atoms with E-state index < -0.39 is 0 Å². The summed E-state index contributed by atoms with van der Waals surface area (Å²) in [6, 6.07) is 6.76. The Hall–Kier alpha value is -0.410. The van der Waals surface area contributed by atoms with Crippen LogP contribution in [-0.4, -0.2) is 18.0 Å². The minimum atomic E-state index is -0.172. The van der Waals surface area contributed by atoms with Gasteiger partial charge >= 0.3 is 0 Å². The summed E-state index contributed by atoms with van der Waals surface area (Å²) in [4.78, 5) is 0. The molecule has 0 aromatic heterocycles. The van der Waals surface area contributed by atoms with Gasteiger partial charge in [0, 0.05) is 11.2 Å².